The third-order valence-electron chi connectivity index (χ3n) is 4.29. The summed E-state index contributed by atoms with van der Waals surface area (Å²) in [6, 6.07) is 2.09. The molecule has 3 rings (SSSR count). The molecule has 2 amide bonds. The molecule has 0 saturated carbocycles. The highest BCUT2D eigenvalue weighted by atomic mass is 19.3. The monoisotopic (exact) mass is 376 g/mol. The lowest BCUT2D eigenvalue weighted by Crippen LogP contribution is -2.43. The lowest BCUT2D eigenvalue weighted by Gasteiger charge is -2.19. The summed E-state index contributed by atoms with van der Waals surface area (Å²) in [5.41, 5.74) is 1.91. The van der Waals surface area contributed by atoms with Crippen molar-refractivity contribution in [3.63, 3.8) is 0 Å². The van der Waals surface area contributed by atoms with Crippen LogP contribution in [0.15, 0.2) is 18.3 Å². The van der Waals surface area contributed by atoms with E-state index in [9.17, 15) is 18.4 Å². The number of carbonyl (C=O) groups excluding carboxylic acids is 2. The largest absolute Gasteiger partial charge is 0.343 e. The van der Waals surface area contributed by atoms with Crippen LogP contribution >= 0.6 is 0 Å². The van der Waals surface area contributed by atoms with E-state index in [1.54, 1.807) is 12.1 Å². The molecule has 8 heteroatoms. The number of rotatable bonds is 3. The Hall–Kier alpha value is -2.82. The number of aryl methyl sites for hydroxylation is 1. The summed E-state index contributed by atoms with van der Waals surface area (Å²) in [5, 5.41) is 11.4. The van der Waals surface area contributed by atoms with Gasteiger partial charge >= 0.3 is 0 Å². The van der Waals surface area contributed by atoms with Gasteiger partial charge in [0.1, 0.15) is 6.04 Å². The fraction of sp³-hybridized carbons (Fsp3) is 0.474. The first kappa shape index (κ1) is 20.5. The zero-order chi connectivity index (χ0) is 20.0. The van der Waals surface area contributed by atoms with Crippen LogP contribution in [0, 0.1) is 11.3 Å². The molecule has 1 fully saturated rings. The van der Waals surface area contributed by atoms with Crippen LogP contribution in [0.1, 0.15) is 48.3 Å². The number of nitrogens with zero attached hydrogens (tertiary/aromatic N) is 3. The first-order valence-corrected chi connectivity index (χ1v) is 8.91. The van der Waals surface area contributed by atoms with Crippen molar-refractivity contribution in [2.24, 2.45) is 0 Å². The summed E-state index contributed by atoms with van der Waals surface area (Å²) in [6.07, 6.45) is 6.19. The highest BCUT2D eigenvalue weighted by Crippen LogP contribution is 2.31. The van der Waals surface area contributed by atoms with E-state index in [-0.39, 0.29) is 0 Å². The Morgan fingerprint density at radius 2 is 2.19 bits per heavy atom. The normalized spacial score (nSPS) is 19.4. The van der Waals surface area contributed by atoms with Crippen LogP contribution < -0.4 is 5.32 Å². The minimum absolute atomic E-state index is 0.386. The van der Waals surface area contributed by atoms with Crippen LogP contribution in [-0.2, 0) is 11.2 Å². The second kappa shape index (κ2) is 8.71. The molecule has 6 nitrogen and oxygen atoms in total. The Morgan fingerprint density at radius 3 is 2.89 bits per heavy atom. The first-order valence-electron chi connectivity index (χ1n) is 8.91. The number of carbonyl (C=O) groups is 2. The van der Waals surface area contributed by atoms with Gasteiger partial charge in [-0.05, 0) is 18.9 Å². The Labute approximate surface area is 156 Å². The number of halogens is 2. The van der Waals surface area contributed by atoms with E-state index in [2.05, 4.69) is 10.3 Å². The van der Waals surface area contributed by atoms with Crippen molar-refractivity contribution < 1.29 is 18.4 Å². The summed E-state index contributed by atoms with van der Waals surface area (Å²) < 4.78 is 26.8. The number of fused-ring (bicyclic) bond motifs is 1. The molecule has 27 heavy (non-hydrogen) atoms. The third kappa shape index (κ3) is 4.67. The van der Waals surface area contributed by atoms with Gasteiger partial charge in [-0.15, -0.1) is 0 Å². The van der Waals surface area contributed by atoms with Gasteiger partial charge in [0.25, 0.3) is 11.8 Å². The first-order chi connectivity index (χ1) is 12.9. The van der Waals surface area contributed by atoms with Gasteiger partial charge in [0, 0.05) is 29.4 Å². The maximum absolute atomic E-state index is 13.4. The summed E-state index contributed by atoms with van der Waals surface area (Å²) in [4.78, 5) is 29.5. The Bertz CT molecular complexity index is 786. The maximum atomic E-state index is 13.4. The van der Waals surface area contributed by atoms with Crippen molar-refractivity contribution in [1.82, 2.24) is 15.2 Å². The Morgan fingerprint density at radius 1 is 1.44 bits per heavy atom. The summed E-state index contributed by atoms with van der Waals surface area (Å²) >= 11 is 0. The van der Waals surface area contributed by atoms with Crippen molar-refractivity contribution in [2.45, 2.75) is 45.1 Å². The van der Waals surface area contributed by atoms with Gasteiger partial charge in [0.05, 0.1) is 19.2 Å². The molecule has 1 aliphatic heterocycles. The van der Waals surface area contributed by atoms with Crippen LogP contribution in [0.25, 0.3) is 6.08 Å². The minimum atomic E-state index is -3.07. The molecule has 144 valence electrons. The second-order valence-corrected chi connectivity index (χ2v) is 6.07. The van der Waals surface area contributed by atoms with Gasteiger partial charge in [-0.25, -0.2) is 8.78 Å². The lowest BCUT2D eigenvalue weighted by molar-refractivity contribution is -0.131. The molecule has 1 aliphatic carbocycles. The number of nitrogens with one attached hydrogen (secondary N) is 1. The number of hydrogen-bond donors (Lipinski definition) is 1. The molecule has 0 spiro atoms. The number of amides is 2. The average Bonchev–Trinajstić information content (AvgIpc) is 3.01. The molecular weight excluding hydrogens is 354 g/mol. The quantitative estimate of drug-likeness (QED) is 0.878. The van der Waals surface area contributed by atoms with Crippen molar-refractivity contribution in [1.29, 1.82) is 5.26 Å². The number of allylic oxidation sites excluding steroid dienone is 1. The van der Waals surface area contributed by atoms with Gasteiger partial charge in [0.2, 0.25) is 5.91 Å². The van der Waals surface area contributed by atoms with Crippen LogP contribution in [0.5, 0.6) is 0 Å². The van der Waals surface area contributed by atoms with E-state index in [1.165, 1.54) is 6.20 Å². The zero-order valence-electron chi connectivity index (χ0n) is 15.3. The topological polar surface area (TPSA) is 86.1 Å². The third-order valence-corrected chi connectivity index (χ3v) is 4.29. The van der Waals surface area contributed by atoms with Crippen LogP contribution in [0.3, 0.4) is 0 Å². The van der Waals surface area contributed by atoms with E-state index in [1.807, 2.05) is 26.0 Å². The second-order valence-electron chi connectivity index (χ2n) is 6.07. The predicted octanol–water partition coefficient (Wildman–Crippen LogP) is 2.56. The number of aromatic nitrogens is 1. The van der Waals surface area contributed by atoms with E-state index < -0.39 is 43.3 Å². The average molecular weight is 376 g/mol. The smallest absolute Gasteiger partial charge is 0.268 e. The van der Waals surface area contributed by atoms with E-state index in [4.69, 9.17) is 5.26 Å². The molecule has 2 aliphatic rings. The molecule has 1 saturated heterocycles. The van der Waals surface area contributed by atoms with E-state index in [0.717, 1.165) is 23.4 Å². The Kier molecular flexibility index (Phi) is 6.61. The lowest BCUT2D eigenvalue weighted by atomic mass is 9.98. The number of hydrogen-bond acceptors (Lipinski definition) is 4. The SMILES string of the molecule is CC.N#CC1CC(F)(F)CN1C(=O)CNC(=O)c1ccnc2c1C=CCC2. The van der Waals surface area contributed by atoms with Gasteiger partial charge in [-0.3, -0.25) is 14.6 Å². The molecule has 2 heterocycles. The number of pyridine rings is 1. The predicted molar refractivity (Wildman–Crippen MR) is 96.0 cm³/mol. The van der Waals surface area contributed by atoms with Crippen molar-refractivity contribution in [3.8, 4) is 6.07 Å². The van der Waals surface area contributed by atoms with Crippen molar-refractivity contribution in [2.75, 3.05) is 13.1 Å². The van der Waals surface area contributed by atoms with Crippen LogP contribution in [0.4, 0.5) is 8.78 Å². The van der Waals surface area contributed by atoms with Gasteiger partial charge in [-0.2, -0.15) is 5.26 Å². The molecule has 0 bridgehead atoms. The van der Waals surface area contributed by atoms with Crippen LogP contribution in [-0.4, -0.2) is 46.8 Å². The van der Waals surface area contributed by atoms with Crippen LogP contribution in [0.2, 0.25) is 0 Å². The fourth-order valence-corrected chi connectivity index (χ4v) is 3.07. The van der Waals surface area contributed by atoms with Gasteiger partial charge in [-0.1, -0.05) is 26.0 Å². The molecular formula is C19H22F2N4O2. The highest BCUT2D eigenvalue weighted by molar-refractivity contribution is 5.99. The van der Waals surface area contributed by atoms with E-state index >= 15 is 0 Å². The molecule has 1 atom stereocenters. The fourth-order valence-electron chi connectivity index (χ4n) is 3.07. The molecule has 1 aromatic rings. The summed E-state index contributed by atoms with van der Waals surface area (Å²) in [5.74, 6) is -4.25. The standard InChI is InChI=1S/C17H16F2N4O2.C2H6/c18-17(19)7-11(8-20)23(10-17)15(24)9-22-16(25)13-5-6-21-14-4-2-1-3-12(13)14;1-2/h1,3,5-6,11H,2,4,7,9-10H2,(H,22,25);1-2H3. The molecule has 1 unspecified atom stereocenters. The summed E-state index contributed by atoms with van der Waals surface area (Å²) in [7, 11) is 0. The summed E-state index contributed by atoms with van der Waals surface area (Å²) in [6.45, 7) is 2.77. The highest BCUT2D eigenvalue weighted by Gasteiger charge is 2.47. The number of nitriles is 1. The Balaban J connectivity index is 0.00000126. The van der Waals surface area contributed by atoms with Crippen molar-refractivity contribution >= 4 is 17.9 Å². The molecule has 0 radical (unpaired) electrons. The maximum Gasteiger partial charge on any atom is 0.268 e. The zero-order valence-corrected chi connectivity index (χ0v) is 15.3. The number of alkyl halides is 2. The minimum Gasteiger partial charge on any atom is -0.343 e. The van der Waals surface area contributed by atoms with Crippen molar-refractivity contribution in [3.05, 3.63) is 35.2 Å². The van der Waals surface area contributed by atoms with Gasteiger partial charge in [0.15, 0.2) is 0 Å². The van der Waals surface area contributed by atoms with Gasteiger partial charge < -0.3 is 10.2 Å². The molecule has 1 aromatic heterocycles. The van der Waals surface area contributed by atoms with E-state index in [0.29, 0.717) is 11.1 Å². The molecule has 1 N–H and O–H groups in total. The molecule has 0 aromatic carbocycles. The number of likely N-dealkylation sites (tertiary alicyclic amines) is 1.